The van der Waals surface area contributed by atoms with Gasteiger partial charge in [0.15, 0.2) is 0 Å². The molecule has 30 heavy (non-hydrogen) atoms. The summed E-state index contributed by atoms with van der Waals surface area (Å²) in [6.45, 7) is 6.93. The van der Waals surface area contributed by atoms with Gasteiger partial charge in [0.2, 0.25) is 5.91 Å². The fraction of sp³-hybridized carbons (Fsp3) is 0.522. The third kappa shape index (κ3) is 5.48. The molecule has 1 amide bonds. The highest BCUT2D eigenvalue weighted by Gasteiger charge is 2.24. The van der Waals surface area contributed by atoms with E-state index in [-0.39, 0.29) is 5.91 Å². The Morgan fingerprint density at radius 1 is 1.33 bits per heavy atom. The first-order valence-electron chi connectivity index (χ1n) is 10.5. The summed E-state index contributed by atoms with van der Waals surface area (Å²) in [7, 11) is 5.37. The number of anilines is 1. The number of carbonyl (C=O) groups is 1. The van der Waals surface area contributed by atoms with Gasteiger partial charge in [0.05, 0.1) is 19.3 Å². The molecule has 2 aromatic rings. The lowest BCUT2D eigenvalue weighted by atomic mass is 9.94. The fourth-order valence-electron chi connectivity index (χ4n) is 3.91. The number of aromatic nitrogens is 2. The van der Waals surface area contributed by atoms with Crippen LogP contribution in [0, 0.1) is 6.92 Å². The average Bonchev–Trinajstić information content (AvgIpc) is 2.74. The summed E-state index contributed by atoms with van der Waals surface area (Å²) >= 11 is 0. The van der Waals surface area contributed by atoms with Gasteiger partial charge in [-0.3, -0.25) is 9.69 Å². The minimum Gasteiger partial charge on any atom is -0.496 e. The lowest BCUT2D eigenvalue weighted by Gasteiger charge is -2.33. The number of nitrogens with zero attached hydrogens (tertiary/aromatic N) is 4. The number of nitrogens with one attached hydrogen (secondary N) is 1. The minimum atomic E-state index is 0.00546. The monoisotopic (exact) mass is 411 g/mol. The molecule has 1 aromatic carbocycles. The lowest BCUT2D eigenvalue weighted by Crippen LogP contribution is -2.34. The van der Waals surface area contributed by atoms with Crippen molar-refractivity contribution in [1.29, 1.82) is 0 Å². The molecule has 1 aromatic heterocycles. The number of ether oxygens (including phenoxy) is 1. The first kappa shape index (κ1) is 22.0. The summed E-state index contributed by atoms with van der Waals surface area (Å²) in [5.74, 6) is 2.76. The molecule has 0 spiro atoms. The van der Waals surface area contributed by atoms with Crippen molar-refractivity contribution < 1.29 is 9.53 Å². The standard InChI is InChI=1S/C23H33N5O2/c1-16-8-9-19(21(11-16)30-5)14-28-10-6-7-18(13-28)20-12-22(24-3)26-23(25-20)15-27(4)17(2)29/h8-9,11-12,18H,6-7,10,13-15H2,1-5H3,(H,24,25,26)/t18-/m1/s1. The maximum absolute atomic E-state index is 11.6. The number of piperidine rings is 1. The topological polar surface area (TPSA) is 70.6 Å². The summed E-state index contributed by atoms with van der Waals surface area (Å²) in [5.41, 5.74) is 3.46. The molecule has 162 valence electrons. The zero-order valence-corrected chi connectivity index (χ0v) is 18.7. The van der Waals surface area contributed by atoms with Crippen LogP contribution in [0.15, 0.2) is 24.3 Å². The van der Waals surface area contributed by atoms with Crippen molar-refractivity contribution >= 4 is 11.7 Å². The number of carbonyl (C=O) groups excluding carboxylic acids is 1. The van der Waals surface area contributed by atoms with Crippen LogP contribution in [0.4, 0.5) is 5.82 Å². The summed E-state index contributed by atoms with van der Waals surface area (Å²) in [6.07, 6.45) is 2.23. The summed E-state index contributed by atoms with van der Waals surface area (Å²) < 4.78 is 5.59. The molecule has 2 heterocycles. The quantitative estimate of drug-likeness (QED) is 0.755. The van der Waals surface area contributed by atoms with Gasteiger partial charge >= 0.3 is 0 Å². The second kappa shape index (κ2) is 9.89. The van der Waals surface area contributed by atoms with E-state index in [1.807, 2.05) is 13.1 Å². The first-order valence-corrected chi connectivity index (χ1v) is 10.5. The molecule has 3 rings (SSSR count). The van der Waals surface area contributed by atoms with Crippen LogP contribution >= 0.6 is 0 Å². The van der Waals surface area contributed by atoms with Gasteiger partial charge < -0.3 is 15.0 Å². The van der Waals surface area contributed by atoms with Gasteiger partial charge in [0.1, 0.15) is 17.4 Å². The molecule has 1 N–H and O–H groups in total. The van der Waals surface area contributed by atoms with E-state index in [9.17, 15) is 4.79 Å². The first-order chi connectivity index (χ1) is 14.4. The van der Waals surface area contributed by atoms with E-state index in [1.165, 1.54) is 11.1 Å². The highest BCUT2D eigenvalue weighted by Crippen LogP contribution is 2.29. The second-order valence-corrected chi connectivity index (χ2v) is 8.11. The van der Waals surface area contributed by atoms with Gasteiger partial charge in [-0.05, 0) is 37.9 Å². The maximum atomic E-state index is 11.6. The van der Waals surface area contributed by atoms with Crippen molar-refractivity contribution in [2.24, 2.45) is 0 Å². The van der Waals surface area contributed by atoms with Crippen LogP contribution in [-0.4, -0.2) is 60.0 Å². The SMILES string of the molecule is CNc1cc([C@@H]2CCCN(Cc3ccc(C)cc3OC)C2)nc(CN(C)C(C)=O)n1. The number of benzene rings is 1. The Balaban J connectivity index is 1.77. The van der Waals surface area contributed by atoms with Crippen molar-refractivity contribution in [1.82, 2.24) is 19.8 Å². The maximum Gasteiger partial charge on any atom is 0.219 e. The van der Waals surface area contributed by atoms with Gasteiger partial charge in [-0.1, -0.05) is 12.1 Å². The zero-order chi connectivity index (χ0) is 21.7. The Morgan fingerprint density at radius 2 is 2.13 bits per heavy atom. The molecule has 0 bridgehead atoms. The fourth-order valence-corrected chi connectivity index (χ4v) is 3.91. The number of methoxy groups -OCH3 is 1. The van der Waals surface area contributed by atoms with E-state index >= 15 is 0 Å². The molecule has 7 nitrogen and oxygen atoms in total. The van der Waals surface area contributed by atoms with Crippen LogP contribution in [0.5, 0.6) is 5.75 Å². The highest BCUT2D eigenvalue weighted by atomic mass is 16.5. The van der Waals surface area contributed by atoms with Gasteiger partial charge in [-0.25, -0.2) is 9.97 Å². The zero-order valence-electron chi connectivity index (χ0n) is 18.7. The predicted octanol–water partition coefficient (Wildman–Crippen LogP) is 3.19. The van der Waals surface area contributed by atoms with Gasteiger partial charge in [0, 0.05) is 51.7 Å². The molecule has 0 unspecified atom stereocenters. The van der Waals surface area contributed by atoms with E-state index in [0.717, 1.165) is 49.7 Å². The molecule has 0 saturated carbocycles. The lowest BCUT2D eigenvalue weighted by molar-refractivity contribution is -0.128. The Labute approximate surface area is 179 Å². The number of aryl methyl sites for hydroxylation is 1. The van der Waals surface area contributed by atoms with Crippen LogP contribution in [0.25, 0.3) is 0 Å². The third-order valence-electron chi connectivity index (χ3n) is 5.72. The van der Waals surface area contributed by atoms with Crippen molar-refractivity contribution in [2.75, 3.05) is 39.6 Å². The number of hydrogen-bond acceptors (Lipinski definition) is 6. The Bertz CT molecular complexity index is 886. The van der Waals surface area contributed by atoms with Crippen LogP contribution in [0.3, 0.4) is 0 Å². The normalized spacial score (nSPS) is 16.9. The van der Waals surface area contributed by atoms with Crippen molar-refractivity contribution in [2.45, 2.75) is 45.7 Å². The largest absolute Gasteiger partial charge is 0.496 e. The molecule has 7 heteroatoms. The molecule has 1 fully saturated rings. The molecule has 0 aliphatic carbocycles. The number of rotatable bonds is 7. The van der Waals surface area contributed by atoms with Gasteiger partial charge in [-0.2, -0.15) is 0 Å². The Kier molecular flexibility index (Phi) is 7.26. The minimum absolute atomic E-state index is 0.00546. The Hall–Kier alpha value is -2.67. The van der Waals surface area contributed by atoms with E-state index in [1.54, 1.807) is 26.0 Å². The van der Waals surface area contributed by atoms with Crippen LogP contribution in [-0.2, 0) is 17.9 Å². The van der Waals surface area contributed by atoms with E-state index in [4.69, 9.17) is 9.72 Å². The van der Waals surface area contributed by atoms with E-state index in [2.05, 4.69) is 40.3 Å². The van der Waals surface area contributed by atoms with Crippen LogP contribution < -0.4 is 10.1 Å². The van der Waals surface area contributed by atoms with E-state index < -0.39 is 0 Å². The summed E-state index contributed by atoms with van der Waals surface area (Å²) in [6, 6.07) is 8.44. The summed E-state index contributed by atoms with van der Waals surface area (Å²) in [4.78, 5) is 25.1. The van der Waals surface area contributed by atoms with Gasteiger partial charge in [0.25, 0.3) is 0 Å². The Morgan fingerprint density at radius 3 is 2.83 bits per heavy atom. The van der Waals surface area contributed by atoms with Gasteiger partial charge in [-0.15, -0.1) is 0 Å². The molecule has 1 saturated heterocycles. The van der Waals surface area contributed by atoms with Crippen LogP contribution in [0.1, 0.15) is 48.3 Å². The number of amides is 1. The molecule has 1 aliphatic heterocycles. The second-order valence-electron chi connectivity index (χ2n) is 8.11. The average molecular weight is 412 g/mol. The molecule has 0 radical (unpaired) electrons. The smallest absolute Gasteiger partial charge is 0.219 e. The van der Waals surface area contributed by atoms with Crippen molar-refractivity contribution in [3.05, 3.63) is 46.9 Å². The number of likely N-dealkylation sites (tertiary alicyclic amines) is 1. The van der Waals surface area contributed by atoms with E-state index in [0.29, 0.717) is 18.3 Å². The van der Waals surface area contributed by atoms with Crippen LogP contribution in [0.2, 0.25) is 0 Å². The highest BCUT2D eigenvalue weighted by molar-refractivity contribution is 5.72. The molecule has 1 atom stereocenters. The van der Waals surface area contributed by atoms with Crippen molar-refractivity contribution in [3.8, 4) is 5.75 Å². The van der Waals surface area contributed by atoms with Crippen molar-refractivity contribution in [3.63, 3.8) is 0 Å². The molecular formula is C23H33N5O2. The molecule has 1 aliphatic rings. The number of hydrogen-bond donors (Lipinski definition) is 1. The predicted molar refractivity (Wildman–Crippen MR) is 119 cm³/mol. The molecular weight excluding hydrogens is 378 g/mol. The summed E-state index contributed by atoms with van der Waals surface area (Å²) in [5, 5.41) is 3.14. The third-order valence-corrected chi connectivity index (χ3v) is 5.72.